The summed E-state index contributed by atoms with van der Waals surface area (Å²) < 4.78 is 8.46. The van der Waals surface area contributed by atoms with Gasteiger partial charge in [-0.25, -0.2) is 9.78 Å². The SMILES string of the molecule is Cc1cccc(NC(=O)COC(=O)Cn2cnc3c2c(=O)n(C)c(=O)n3C)c1C. The molecule has 2 heterocycles. The molecule has 0 spiro atoms. The highest BCUT2D eigenvalue weighted by Gasteiger charge is 2.17. The van der Waals surface area contributed by atoms with Gasteiger partial charge in [0.2, 0.25) is 0 Å². The van der Waals surface area contributed by atoms with E-state index < -0.39 is 29.7 Å². The number of fused-ring (bicyclic) bond motifs is 1. The lowest BCUT2D eigenvalue weighted by Crippen LogP contribution is -2.37. The molecule has 0 saturated heterocycles. The van der Waals surface area contributed by atoms with Crippen molar-refractivity contribution < 1.29 is 14.3 Å². The highest BCUT2D eigenvalue weighted by Crippen LogP contribution is 2.17. The fraction of sp³-hybridized carbons (Fsp3) is 0.316. The average molecular weight is 399 g/mol. The lowest BCUT2D eigenvalue weighted by molar-refractivity contribution is -0.147. The molecule has 1 aromatic carbocycles. The molecular weight excluding hydrogens is 378 g/mol. The minimum Gasteiger partial charge on any atom is -0.454 e. The lowest BCUT2D eigenvalue weighted by Gasteiger charge is -2.11. The summed E-state index contributed by atoms with van der Waals surface area (Å²) in [5.74, 6) is -1.18. The first-order valence-electron chi connectivity index (χ1n) is 8.83. The normalized spacial score (nSPS) is 10.9. The van der Waals surface area contributed by atoms with Gasteiger partial charge in [-0.3, -0.25) is 23.5 Å². The summed E-state index contributed by atoms with van der Waals surface area (Å²) in [5.41, 5.74) is 1.79. The van der Waals surface area contributed by atoms with Crippen LogP contribution < -0.4 is 16.6 Å². The number of amides is 1. The van der Waals surface area contributed by atoms with Gasteiger partial charge in [0.15, 0.2) is 17.8 Å². The number of carbonyl (C=O) groups excluding carboxylic acids is 2. The topological polar surface area (TPSA) is 117 Å². The predicted molar refractivity (Wildman–Crippen MR) is 106 cm³/mol. The van der Waals surface area contributed by atoms with Gasteiger partial charge in [0.1, 0.15) is 6.54 Å². The van der Waals surface area contributed by atoms with Gasteiger partial charge >= 0.3 is 11.7 Å². The summed E-state index contributed by atoms with van der Waals surface area (Å²) in [7, 11) is 2.83. The maximum atomic E-state index is 12.4. The Labute approximate surface area is 165 Å². The Morgan fingerprint density at radius 1 is 1.14 bits per heavy atom. The van der Waals surface area contributed by atoms with Gasteiger partial charge in [-0.15, -0.1) is 0 Å². The van der Waals surface area contributed by atoms with E-state index in [2.05, 4.69) is 10.3 Å². The van der Waals surface area contributed by atoms with Crippen LogP contribution in [0.25, 0.3) is 11.2 Å². The van der Waals surface area contributed by atoms with Crippen molar-refractivity contribution in [2.75, 3.05) is 11.9 Å². The quantitative estimate of drug-likeness (QED) is 0.614. The summed E-state index contributed by atoms with van der Waals surface area (Å²) in [6.07, 6.45) is 1.28. The van der Waals surface area contributed by atoms with E-state index >= 15 is 0 Å². The summed E-state index contributed by atoms with van der Waals surface area (Å²) >= 11 is 0. The molecule has 0 radical (unpaired) electrons. The first-order valence-corrected chi connectivity index (χ1v) is 8.83. The number of aryl methyl sites for hydroxylation is 2. The Morgan fingerprint density at radius 2 is 1.86 bits per heavy atom. The molecule has 10 heteroatoms. The molecule has 0 aliphatic heterocycles. The molecule has 1 amide bonds. The third-order valence-corrected chi connectivity index (χ3v) is 4.76. The van der Waals surface area contributed by atoms with Crippen molar-refractivity contribution in [1.82, 2.24) is 18.7 Å². The first kappa shape index (κ1) is 20.1. The molecule has 10 nitrogen and oxygen atoms in total. The second-order valence-corrected chi connectivity index (χ2v) is 6.71. The number of anilines is 1. The van der Waals surface area contributed by atoms with Gasteiger partial charge in [0, 0.05) is 19.8 Å². The predicted octanol–water partition coefficient (Wildman–Crippen LogP) is 0.232. The third-order valence-electron chi connectivity index (χ3n) is 4.76. The molecule has 0 aliphatic carbocycles. The van der Waals surface area contributed by atoms with Gasteiger partial charge in [0.05, 0.1) is 6.33 Å². The largest absolute Gasteiger partial charge is 0.454 e. The van der Waals surface area contributed by atoms with E-state index in [1.54, 1.807) is 6.07 Å². The molecule has 1 N–H and O–H groups in total. The van der Waals surface area contributed by atoms with Gasteiger partial charge in [-0.2, -0.15) is 0 Å². The maximum Gasteiger partial charge on any atom is 0.332 e. The van der Waals surface area contributed by atoms with Crippen LogP contribution in [-0.2, 0) is 35.0 Å². The van der Waals surface area contributed by atoms with Crippen LogP contribution in [-0.4, -0.2) is 37.2 Å². The Balaban J connectivity index is 1.69. The van der Waals surface area contributed by atoms with E-state index in [4.69, 9.17) is 4.74 Å². The van der Waals surface area contributed by atoms with Gasteiger partial charge < -0.3 is 14.6 Å². The number of esters is 1. The first-order chi connectivity index (χ1) is 13.7. The second kappa shape index (κ2) is 7.74. The van der Waals surface area contributed by atoms with E-state index in [-0.39, 0.29) is 17.7 Å². The molecule has 29 heavy (non-hydrogen) atoms. The molecule has 0 unspecified atom stereocenters. The van der Waals surface area contributed by atoms with Crippen molar-refractivity contribution in [3.05, 3.63) is 56.5 Å². The summed E-state index contributed by atoms with van der Waals surface area (Å²) in [6, 6.07) is 5.52. The number of rotatable bonds is 5. The van der Waals surface area contributed by atoms with E-state index in [1.165, 1.54) is 29.6 Å². The van der Waals surface area contributed by atoms with Crippen LogP contribution in [0.3, 0.4) is 0 Å². The number of hydrogen-bond donors (Lipinski definition) is 1. The van der Waals surface area contributed by atoms with Crippen LogP contribution in [0.15, 0.2) is 34.1 Å². The number of ether oxygens (including phenoxy) is 1. The Bertz CT molecular complexity index is 1230. The van der Waals surface area contributed by atoms with Crippen molar-refractivity contribution in [2.24, 2.45) is 14.1 Å². The minimum absolute atomic E-state index is 0.103. The zero-order valence-electron chi connectivity index (χ0n) is 16.6. The highest BCUT2D eigenvalue weighted by atomic mass is 16.5. The van der Waals surface area contributed by atoms with Crippen LogP contribution in [0.2, 0.25) is 0 Å². The van der Waals surface area contributed by atoms with Crippen molar-refractivity contribution in [3.8, 4) is 0 Å². The number of benzene rings is 1. The minimum atomic E-state index is -0.712. The van der Waals surface area contributed by atoms with Crippen LogP contribution >= 0.6 is 0 Å². The number of imidazole rings is 1. The number of carbonyl (C=O) groups is 2. The molecule has 3 aromatic rings. The zero-order valence-corrected chi connectivity index (χ0v) is 16.6. The number of nitrogens with zero attached hydrogens (tertiary/aromatic N) is 4. The maximum absolute atomic E-state index is 12.4. The highest BCUT2D eigenvalue weighted by molar-refractivity contribution is 5.93. The number of nitrogens with one attached hydrogen (secondary N) is 1. The molecule has 0 saturated carbocycles. The smallest absolute Gasteiger partial charge is 0.332 e. The Kier molecular flexibility index (Phi) is 5.35. The summed E-state index contributed by atoms with van der Waals surface area (Å²) in [6.45, 7) is 3.03. The van der Waals surface area contributed by atoms with E-state index in [0.717, 1.165) is 15.7 Å². The van der Waals surface area contributed by atoms with E-state index in [0.29, 0.717) is 5.69 Å². The van der Waals surface area contributed by atoms with Crippen LogP contribution in [0.4, 0.5) is 5.69 Å². The molecule has 3 rings (SSSR count). The fourth-order valence-corrected chi connectivity index (χ4v) is 2.92. The molecule has 0 fully saturated rings. The van der Waals surface area contributed by atoms with Gasteiger partial charge in [0.25, 0.3) is 11.5 Å². The van der Waals surface area contributed by atoms with Crippen molar-refractivity contribution in [3.63, 3.8) is 0 Å². The van der Waals surface area contributed by atoms with Crippen molar-refractivity contribution in [2.45, 2.75) is 20.4 Å². The van der Waals surface area contributed by atoms with E-state index in [9.17, 15) is 19.2 Å². The fourth-order valence-electron chi connectivity index (χ4n) is 2.92. The standard InChI is InChI=1S/C19H21N5O5/c1-11-6-5-7-13(12(11)2)21-14(25)9-29-15(26)8-24-10-20-17-16(24)18(27)23(4)19(28)22(17)3/h5-7,10H,8-9H2,1-4H3,(H,21,25). The van der Waals surface area contributed by atoms with Crippen molar-refractivity contribution >= 4 is 28.7 Å². The average Bonchev–Trinajstić information content (AvgIpc) is 3.10. The van der Waals surface area contributed by atoms with Crippen LogP contribution in [0, 0.1) is 13.8 Å². The number of hydrogen-bond acceptors (Lipinski definition) is 6. The van der Waals surface area contributed by atoms with Crippen molar-refractivity contribution in [1.29, 1.82) is 0 Å². The number of aromatic nitrogens is 4. The summed E-state index contributed by atoms with van der Waals surface area (Å²) in [5, 5.41) is 2.70. The zero-order chi connectivity index (χ0) is 21.3. The third kappa shape index (κ3) is 3.82. The monoisotopic (exact) mass is 399 g/mol. The van der Waals surface area contributed by atoms with Gasteiger partial charge in [-0.05, 0) is 31.0 Å². The summed E-state index contributed by atoms with van der Waals surface area (Å²) in [4.78, 5) is 52.6. The molecule has 0 bridgehead atoms. The molecule has 2 aromatic heterocycles. The lowest BCUT2D eigenvalue weighted by atomic mass is 10.1. The molecule has 0 aliphatic rings. The van der Waals surface area contributed by atoms with Crippen LogP contribution in [0.1, 0.15) is 11.1 Å². The Hall–Kier alpha value is -3.69. The molecule has 152 valence electrons. The molecule has 0 atom stereocenters. The van der Waals surface area contributed by atoms with E-state index in [1.807, 2.05) is 26.0 Å². The Morgan fingerprint density at radius 3 is 2.59 bits per heavy atom. The van der Waals surface area contributed by atoms with Crippen LogP contribution in [0.5, 0.6) is 0 Å². The molecular formula is C19H21N5O5. The second-order valence-electron chi connectivity index (χ2n) is 6.71. The van der Waals surface area contributed by atoms with Gasteiger partial charge in [-0.1, -0.05) is 12.1 Å².